The van der Waals surface area contributed by atoms with Crippen molar-refractivity contribution in [2.75, 3.05) is 23.3 Å². The maximum absolute atomic E-state index is 13.8. The Morgan fingerprint density at radius 1 is 1.17 bits per heavy atom. The van der Waals surface area contributed by atoms with Gasteiger partial charge < -0.3 is 10.2 Å². The molecule has 0 unspecified atom stereocenters. The SMILES string of the molecule is O=C(Nc1cc(F)cc(N2CCCC2)c1)c1nc(Cl)ccc1Cl. The van der Waals surface area contributed by atoms with E-state index >= 15 is 0 Å². The molecule has 3 rings (SSSR count). The van der Waals surface area contributed by atoms with Crippen LogP contribution in [0.25, 0.3) is 0 Å². The van der Waals surface area contributed by atoms with Crippen molar-refractivity contribution < 1.29 is 9.18 Å². The predicted octanol–water partition coefficient (Wildman–Crippen LogP) is 4.38. The number of carbonyl (C=O) groups excluding carboxylic acids is 1. The van der Waals surface area contributed by atoms with Crippen molar-refractivity contribution in [2.45, 2.75) is 12.8 Å². The molecule has 2 heterocycles. The topological polar surface area (TPSA) is 45.2 Å². The van der Waals surface area contributed by atoms with Gasteiger partial charge in [0, 0.05) is 24.5 Å². The summed E-state index contributed by atoms with van der Waals surface area (Å²) in [6, 6.07) is 7.45. The molecule has 1 aliphatic heterocycles. The van der Waals surface area contributed by atoms with Crippen LogP contribution >= 0.6 is 23.2 Å². The lowest BCUT2D eigenvalue weighted by Crippen LogP contribution is -2.19. The Labute approximate surface area is 143 Å². The van der Waals surface area contributed by atoms with Gasteiger partial charge in [0.25, 0.3) is 5.91 Å². The zero-order valence-corrected chi connectivity index (χ0v) is 13.7. The molecular formula is C16H14Cl2FN3O. The maximum atomic E-state index is 13.8. The average Bonchev–Trinajstić information content (AvgIpc) is 3.03. The first kappa shape index (κ1) is 16.0. The van der Waals surface area contributed by atoms with Gasteiger partial charge in [0.2, 0.25) is 0 Å². The van der Waals surface area contributed by atoms with Crippen LogP contribution in [0.1, 0.15) is 23.3 Å². The smallest absolute Gasteiger partial charge is 0.275 e. The monoisotopic (exact) mass is 353 g/mol. The molecule has 0 bridgehead atoms. The molecule has 0 atom stereocenters. The lowest BCUT2D eigenvalue weighted by molar-refractivity contribution is 0.102. The number of hydrogen-bond acceptors (Lipinski definition) is 3. The molecule has 0 aliphatic carbocycles. The molecule has 1 N–H and O–H groups in total. The average molecular weight is 354 g/mol. The van der Waals surface area contributed by atoms with Crippen molar-refractivity contribution >= 4 is 40.5 Å². The highest BCUT2D eigenvalue weighted by atomic mass is 35.5. The van der Waals surface area contributed by atoms with E-state index in [0.717, 1.165) is 31.6 Å². The summed E-state index contributed by atoms with van der Waals surface area (Å²) < 4.78 is 13.8. The van der Waals surface area contributed by atoms with Crippen LogP contribution in [0.3, 0.4) is 0 Å². The Kier molecular flexibility index (Phi) is 4.68. The number of hydrogen-bond donors (Lipinski definition) is 1. The van der Waals surface area contributed by atoms with Gasteiger partial charge in [-0.3, -0.25) is 4.79 Å². The van der Waals surface area contributed by atoms with Crippen molar-refractivity contribution in [2.24, 2.45) is 0 Å². The van der Waals surface area contributed by atoms with Gasteiger partial charge in [0.05, 0.1) is 5.02 Å². The van der Waals surface area contributed by atoms with E-state index in [0.29, 0.717) is 5.69 Å². The molecule has 1 aliphatic rings. The van der Waals surface area contributed by atoms with E-state index < -0.39 is 11.7 Å². The largest absolute Gasteiger partial charge is 0.371 e. The van der Waals surface area contributed by atoms with Crippen molar-refractivity contribution in [3.63, 3.8) is 0 Å². The number of carbonyl (C=O) groups is 1. The zero-order valence-electron chi connectivity index (χ0n) is 12.2. The quantitative estimate of drug-likeness (QED) is 0.832. The molecule has 120 valence electrons. The van der Waals surface area contributed by atoms with Gasteiger partial charge in [-0.15, -0.1) is 0 Å². The second-order valence-electron chi connectivity index (χ2n) is 5.31. The molecular weight excluding hydrogens is 340 g/mol. The van der Waals surface area contributed by atoms with Crippen LogP contribution in [0, 0.1) is 5.82 Å². The van der Waals surface area contributed by atoms with Crippen LogP contribution in [0.4, 0.5) is 15.8 Å². The predicted molar refractivity (Wildman–Crippen MR) is 90.1 cm³/mol. The van der Waals surface area contributed by atoms with E-state index in [1.54, 1.807) is 6.07 Å². The van der Waals surface area contributed by atoms with Crippen LogP contribution in [0.15, 0.2) is 30.3 Å². The van der Waals surface area contributed by atoms with Crippen molar-refractivity contribution in [1.29, 1.82) is 0 Å². The number of anilines is 2. The highest BCUT2D eigenvalue weighted by Gasteiger charge is 2.17. The van der Waals surface area contributed by atoms with Gasteiger partial charge in [-0.2, -0.15) is 0 Å². The summed E-state index contributed by atoms with van der Waals surface area (Å²) in [5.41, 5.74) is 1.11. The maximum Gasteiger partial charge on any atom is 0.275 e. The number of rotatable bonds is 3. The van der Waals surface area contributed by atoms with E-state index in [4.69, 9.17) is 23.2 Å². The van der Waals surface area contributed by atoms with E-state index in [2.05, 4.69) is 15.2 Å². The lowest BCUT2D eigenvalue weighted by Gasteiger charge is -2.18. The number of pyridine rings is 1. The molecule has 0 spiro atoms. The Balaban J connectivity index is 1.84. The van der Waals surface area contributed by atoms with Gasteiger partial charge in [-0.05, 0) is 43.2 Å². The Morgan fingerprint density at radius 3 is 2.65 bits per heavy atom. The first-order valence-electron chi connectivity index (χ1n) is 7.22. The van der Waals surface area contributed by atoms with Crippen LogP contribution in [0.5, 0.6) is 0 Å². The highest BCUT2D eigenvalue weighted by Crippen LogP contribution is 2.26. The van der Waals surface area contributed by atoms with Crippen LogP contribution < -0.4 is 10.2 Å². The number of nitrogens with one attached hydrogen (secondary N) is 1. The molecule has 1 amide bonds. The molecule has 1 aromatic heterocycles. The van der Waals surface area contributed by atoms with E-state index in [1.165, 1.54) is 24.3 Å². The van der Waals surface area contributed by atoms with Gasteiger partial charge in [-0.25, -0.2) is 9.37 Å². The number of nitrogens with zero attached hydrogens (tertiary/aromatic N) is 2. The minimum atomic E-state index is -0.532. The Hall–Kier alpha value is -1.85. The zero-order chi connectivity index (χ0) is 16.4. The minimum Gasteiger partial charge on any atom is -0.371 e. The molecule has 7 heteroatoms. The standard InChI is InChI=1S/C16H14Cl2FN3O/c17-13-3-4-14(18)21-15(13)16(23)20-11-7-10(19)8-12(9-11)22-5-1-2-6-22/h3-4,7-9H,1-2,5-6H2,(H,20,23). The number of benzene rings is 1. The fourth-order valence-corrected chi connectivity index (χ4v) is 2.91. The van der Waals surface area contributed by atoms with Gasteiger partial charge in [-0.1, -0.05) is 23.2 Å². The van der Waals surface area contributed by atoms with Crippen LogP contribution in [-0.4, -0.2) is 24.0 Å². The highest BCUT2D eigenvalue weighted by molar-refractivity contribution is 6.35. The van der Waals surface area contributed by atoms with Crippen molar-refractivity contribution in [3.05, 3.63) is 52.0 Å². The summed E-state index contributed by atoms with van der Waals surface area (Å²) >= 11 is 11.7. The summed E-state index contributed by atoms with van der Waals surface area (Å²) in [6.45, 7) is 1.77. The molecule has 23 heavy (non-hydrogen) atoms. The van der Waals surface area contributed by atoms with Gasteiger partial charge in [0.1, 0.15) is 16.7 Å². The van der Waals surface area contributed by atoms with Crippen LogP contribution in [0.2, 0.25) is 10.2 Å². The van der Waals surface area contributed by atoms with Crippen molar-refractivity contribution in [3.8, 4) is 0 Å². The van der Waals surface area contributed by atoms with Gasteiger partial charge in [0.15, 0.2) is 0 Å². The van der Waals surface area contributed by atoms with E-state index in [-0.39, 0.29) is 15.9 Å². The number of aromatic nitrogens is 1. The molecule has 0 radical (unpaired) electrons. The second kappa shape index (κ2) is 6.72. The third-order valence-corrected chi connectivity index (χ3v) is 4.15. The molecule has 2 aromatic rings. The number of halogens is 3. The van der Waals surface area contributed by atoms with Gasteiger partial charge >= 0.3 is 0 Å². The Morgan fingerprint density at radius 2 is 1.91 bits per heavy atom. The second-order valence-corrected chi connectivity index (χ2v) is 6.11. The summed E-state index contributed by atoms with van der Waals surface area (Å²) in [5.74, 6) is -0.940. The van der Waals surface area contributed by atoms with E-state index in [9.17, 15) is 9.18 Å². The van der Waals surface area contributed by atoms with Crippen LogP contribution in [-0.2, 0) is 0 Å². The lowest BCUT2D eigenvalue weighted by atomic mass is 10.2. The van der Waals surface area contributed by atoms with E-state index in [1.807, 2.05) is 0 Å². The fourth-order valence-electron chi connectivity index (χ4n) is 2.57. The summed E-state index contributed by atoms with van der Waals surface area (Å²) in [6.07, 6.45) is 2.17. The van der Waals surface area contributed by atoms with Crippen molar-refractivity contribution in [1.82, 2.24) is 4.98 Å². The minimum absolute atomic E-state index is 0.00569. The normalized spacial score (nSPS) is 14.1. The molecule has 1 aromatic carbocycles. The first-order chi connectivity index (χ1) is 11.0. The third kappa shape index (κ3) is 3.74. The molecule has 1 fully saturated rings. The first-order valence-corrected chi connectivity index (χ1v) is 7.97. The summed E-state index contributed by atoms with van der Waals surface area (Å²) in [4.78, 5) is 18.3. The summed E-state index contributed by atoms with van der Waals surface area (Å²) in [5, 5.41) is 2.97. The third-order valence-electron chi connectivity index (χ3n) is 3.64. The Bertz CT molecular complexity index is 748. The molecule has 0 saturated carbocycles. The number of amides is 1. The fraction of sp³-hybridized carbons (Fsp3) is 0.250. The molecule has 4 nitrogen and oxygen atoms in total. The summed E-state index contributed by atoms with van der Waals surface area (Å²) in [7, 11) is 0. The molecule has 1 saturated heterocycles.